The maximum atomic E-state index is 13.3. The molecule has 0 fully saturated rings. The van der Waals surface area contributed by atoms with E-state index in [0.717, 1.165) is 0 Å². The number of hydrogen-bond acceptors (Lipinski definition) is 2. The lowest BCUT2D eigenvalue weighted by Crippen LogP contribution is -1.91. The van der Waals surface area contributed by atoms with Gasteiger partial charge in [0.25, 0.3) is 0 Å². The van der Waals surface area contributed by atoms with Gasteiger partial charge in [-0.2, -0.15) is 0 Å². The van der Waals surface area contributed by atoms with Gasteiger partial charge in [0.2, 0.25) is 0 Å². The van der Waals surface area contributed by atoms with Gasteiger partial charge >= 0.3 is 0 Å². The zero-order valence-corrected chi connectivity index (χ0v) is 8.18. The lowest BCUT2D eigenvalue weighted by molar-refractivity contribution is 0.639. The average molecular weight is 241 g/mol. The minimum absolute atomic E-state index is 0.316. The van der Waals surface area contributed by atoms with Crippen molar-refractivity contribution in [3.8, 4) is 0 Å². The van der Waals surface area contributed by atoms with E-state index in [1.807, 2.05) is 0 Å². The van der Waals surface area contributed by atoms with Crippen molar-refractivity contribution in [2.45, 2.75) is 0 Å². The van der Waals surface area contributed by atoms with Crippen LogP contribution in [-0.2, 0) is 0 Å². The number of fused-ring (bicyclic) bond motifs is 1. The molecule has 0 aliphatic carbocycles. The topological polar surface area (TPSA) is 38.9 Å². The number of nitrogens with zero attached hydrogens (tertiary/aromatic N) is 1. The Labute approximate surface area is 82.7 Å². The van der Waals surface area contributed by atoms with Crippen LogP contribution in [0.15, 0.2) is 29.0 Å². The van der Waals surface area contributed by atoms with E-state index >= 15 is 0 Å². The third-order valence-electron chi connectivity index (χ3n) is 1.88. The van der Waals surface area contributed by atoms with Crippen molar-refractivity contribution >= 4 is 32.4 Å². The molecule has 0 saturated heterocycles. The Morgan fingerprint density at radius 1 is 1.38 bits per heavy atom. The molecule has 4 heteroatoms. The van der Waals surface area contributed by atoms with Crippen molar-refractivity contribution in [2.75, 3.05) is 5.73 Å². The van der Waals surface area contributed by atoms with Crippen molar-refractivity contribution in [3.05, 3.63) is 34.8 Å². The molecule has 1 heterocycles. The monoisotopic (exact) mass is 240 g/mol. The summed E-state index contributed by atoms with van der Waals surface area (Å²) >= 11 is 3.18. The Hall–Kier alpha value is -1.16. The van der Waals surface area contributed by atoms with Gasteiger partial charge in [0.05, 0.1) is 5.69 Å². The van der Waals surface area contributed by atoms with Gasteiger partial charge in [-0.15, -0.1) is 0 Å². The molecule has 0 spiro atoms. The Morgan fingerprint density at radius 3 is 2.92 bits per heavy atom. The Kier molecular flexibility index (Phi) is 1.92. The summed E-state index contributed by atoms with van der Waals surface area (Å²) in [4.78, 5) is 3.83. The van der Waals surface area contributed by atoms with E-state index in [1.165, 1.54) is 12.3 Å². The molecule has 13 heavy (non-hydrogen) atoms. The van der Waals surface area contributed by atoms with Gasteiger partial charge in [0.1, 0.15) is 5.82 Å². The predicted molar refractivity (Wildman–Crippen MR) is 53.8 cm³/mol. The van der Waals surface area contributed by atoms with Crippen LogP contribution < -0.4 is 5.73 Å². The van der Waals surface area contributed by atoms with Crippen LogP contribution in [-0.4, -0.2) is 4.98 Å². The molecule has 2 N–H and O–H groups in total. The Balaban J connectivity index is 2.97. The first kappa shape index (κ1) is 8.44. The van der Waals surface area contributed by atoms with Crippen molar-refractivity contribution in [3.63, 3.8) is 0 Å². The lowest BCUT2D eigenvalue weighted by atomic mass is 10.1. The average Bonchev–Trinajstić information content (AvgIpc) is 2.15. The SMILES string of the molecule is Nc1c(Br)cc(F)c2cnccc12. The number of nitrogens with two attached hydrogens (primary N) is 1. The third kappa shape index (κ3) is 1.27. The van der Waals surface area contributed by atoms with Crippen molar-refractivity contribution in [1.29, 1.82) is 0 Å². The predicted octanol–water partition coefficient (Wildman–Crippen LogP) is 2.72. The van der Waals surface area contributed by atoms with E-state index in [0.29, 0.717) is 20.9 Å². The summed E-state index contributed by atoms with van der Waals surface area (Å²) in [6, 6.07) is 3.04. The van der Waals surface area contributed by atoms with Crippen LogP contribution in [0.5, 0.6) is 0 Å². The fourth-order valence-corrected chi connectivity index (χ4v) is 1.63. The number of pyridine rings is 1. The van der Waals surface area contributed by atoms with Gasteiger partial charge in [0.15, 0.2) is 0 Å². The highest BCUT2D eigenvalue weighted by atomic mass is 79.9. The Bertz CT molecular complexity index is 470. The largest absolute Gasteiger partial charge is 0.397 e. The molecule has 1 aromatic heterocycles. The normalized spacial score (nSPS) is 10.6. The molecule has 0 aliphatic heterocycles. The van der Waals surface area contributed by atoms with Gasteiger partial charge in [-0.25, -0.2) is 4.39 Å². The fourth-order valence-electron chi connectivity index (χ4n) is 1.22. The third-order valence-corrected chi connectivity index (χ3v) is 2.54. The smallest absolute Gasteiger partial charge is 0.133 e. The van der Waals surface area contributed by atoms with Crippen molar-refractivity contribution < 1.29 is 4.39 Å². The molecule has 0 bridgehead atoms. The fraction of sp³-hybridized carbons (Fsp3) is 0. The maximum Gasteiger partial charge on any atom is 0.133 e. The van der Waals surface area contributed by atoms with E-state index in [4.69, 9.17) is 5.73 Å². The molecule has 2 rings (SSSR count). The first-order valence-electron chi connectivity index (χ1n) is 3.67. The summed E-state index contributed by atoms with van der Waals surface area (Å²) < 4.78 is 13.9. The summed E-state index contributed by atoms with van der Waals surface area (Å²) in [5.74, 6) is -0.316. The Morgan fingerprint density at radius 2 is 2.15 bits per heavy atom. The zero-order valence-electron chi connectivity index (χ0n) is 6.59. The molecule has 66 valence electrons. The molecule has 0 atom stereocenters. The zero-order chi connectivity index (χ0) is 9.42. The van der Waals surface area contributed by atoms with Crippen LogP contribution in [0.1, 0.15) is 0 Å². The molecule has 2 nitrogen and oxygen atoms in total. The molecular weight excluding hydrogens is 235 g/mol. The molecule has 0 amide bonds. The minimum atomic E-state index is -0.316. The van der Waals surface area contributed by atoms with Gasteiger partial charge < -0.3 is 5.73 Å². The van der Waals surface area contributed by atoms with Gasteiger partial charge in [0, 0.05) is 27.6 Å². The number of halogens is 2. The van der Waals surface area contributed by atoms with E-state index in [9.17, 15) is 4.39 Å². The van der Waals surface area contributed by atoms with Crippen LogP contribution in [0.4, 0.5) is 10.1 Å². The van der Waals surface area contributed by atoms with E-state index in [-0.39, 0.29) is 5.82 Å². The second kappa shape index (κ2) is 2.96. The van der Waals surface area contributed by atoms with E-state index < -0.39 is 0 Å². The molecule has 0 radical (unpaired) electrons. The van der Waals surface area contributed by atoms with Gasteiger partial charge in [-0.3, -0.25) is 4.98 Å². The highest BCUT2D eigenvalue weighted by molar-refractivity contribution is 9.10. The summed E-state index contributed by atoms with van der Waals surface area (Å²) in [5.41, 5.74) is 6.29. The molecule has 0 unspecified atom stereocenters. The minimum Gasteiger partial charge on any atom is -0.397 e. The van der Waals surface area contributed by atoms with Crippen molar-refractivity contribution in [2.24, 2.45) is 0 Å². The summed E-state index contributed by atoms with van der Waals surface area (Å²) in [7, 11) is 0. The number of aromatic nitrogens is 1. The van der Waals surface area contributed by atoms with Crippen LogP contribution >= 0.6 is 15.9 Å². The van der Waals surface area contributed by atoms with Gasteiger partial charge in [-0.1, -0.05) is 0 Å². The highest BCUT2D eigenvalue weighted by Gasteiger charge is 2.07. The van der Waals surface area contributed by atoms with Crippen molar-refractivity contribution in [1.82, 2.24) is 4.98 Å². The van der Waals surface area contributed by atoms with Crippen LogP contribution in [0, 0.1) is 5.82 Å². The lowest BCUT2D eigenvalue weighted by Gasteiger charge is -2.04. The highest BCUT2D eigenvalue weighted by Crippen LogP contribution is 2.30. The molecule has 0 saturated carbocycles. The first-order chi connectivity index (χ1) is 6.20. The summed E-state index contributed by atoms with van der Waals surface area (Å²) in [6.07, 6.45) is 3.05. The second-order valence-electron chi connectivity index (χ2n) is 2.68. The second-order valence-corrected chi connectivity index (χ2v) is 3.53. The standard InChI is InChI=1S/C9H6BrFN2/c10-7-3-8(11)6-4-13-2-1-5(6)9(7)12/h1-4H,12H2. The van der Waals surface area contributed by atoms with E-state index in [1.54, 1.807) is 12.3 Å². The van der Waals surface area contributed by atoms with Gasteiger partial charge in [-0.05, 0) is 28.1 Å². The number of anilines is 1. The van der Waals surface area contributed by atoms with Crippen LogP contribution in [0.3, 0.4) is 0 Å². The van der Waals surface area contributed by atoms with E-state index in [2.05, 4.69) is 20.9 Å². The number of hydrogen-bond donors (Lipinski definition) is 1. The molecule has 2 aromatic rings. The molecule has 0 aliphatic rings. The summed E-state index contributed by atoms with van der Waals surface area (Å²) in [6.45, 7) is 0. The maximum absolute atomic E-state index is 13.3. The number of rotatable bonds is 0. The number of nitrogen functional groups attached to an aromatic ring is 1. The van der Waals surface area contributed by atoms with Crippen LogP contribution in [0.25, 0.3) is 10.8 Å². The molecule has 1 aromatic carbocycles. The quantitative estimate of drug-likeness (QED) is 0.720. The first-order valence-corrected chi connectivity index (χ1v) is 4.46. The van der Waals surface area contributed by atoms with Crippen LogP contribution in [0.2, 0.25) is 0 Å². The molecular formula is C9H6BrFN2. The summed E-state index contributed by atoms with van der Waals surface area (Å²) in [5, 5.41) is 1.13. The number of benzene rings is 1.